The molecule has 0 radical (unpaired) electrons. The average Bonchev–Trinajstić information content (AvgIpc) is 2.58. The van der Waals surface area contributed by atoms with Crippen molar-refractivity contribution < 1.29 is 9.47 Å². The van der Waals surface area contributed by atoms with Crippen molar-refractivity contribution in [2.45, 2.75) is 45.9 Å². The van der Waals surface area contributed by atoms with Gasteiger partial charge in [-0.1, -0.05) is 24.3 Å². The summed E-state index contributed by atoms with van der Waals surface area (Å²) >= 11 is 0. The predicted molar refractivity (Wildman–Crippen MR) is 106 cm³/mol. The van der Waals surface area contributed by atoms with E-state index in [0.29, 0.717) is 6.61 Å². The summed E-state index contributed by atoms with van der Waals surface area (Å²) < 4.78 is 12.0. The minimum absolute atomic E-state index is 0.236. The SMILES string of the molecule is C=C(OC(C)(C)C)N1CCc2c(cccc2OCc2cccc(N)c2)C1. The molecule has 0 aromatic heterocycles. The first kappa shape index (κ1) is 18.2. The lowest BCUT2D eigenvalue weighted by Crippen LogP contribution is -2.34. The van der Waals surface area contributed by atoms with Crippen LogP contribution >= 0.6 is 0 Å². The van der Waals surface area contributed by atoms with Gasteiger partial charge in [0, 0.05) is 24.3 Å². The molecule has 2 aromatic rings. The fraction of sp³-hybridized carbons (Fsp3) is 0.364. The largest absolute Gasteiger partial charge is 0.489 e. The predicted octanol–water partition coefficient (Wildman–Crippen LogP) is 4.49. The van der Waals surface area contributed by atoms with Crippen molar-refractivity contribution in [3.8, 4) is 5.75 Å². The van der Waals surface area contributed by atoms with Gasteiger partial charge in [-0.25, -0.2) is 0 Å². The molecule has 0 unspecified atom stereocenters. The third kappa shape index (κ3) is 4.51. The van der Waals surface area contributed by atoms with Crippen molar-refractivity contribution in [2.75, 3.05) is 12.3 Å². The number of fused-ring (bicyclic) bond motifs is 1. The van der Waals surface area contributed by atoms with E-state index in [0.717, 1.165) is 42.4 Å². The highest BCUT2D eigenvalue weighted by molar-refractivity contribution is 5.43. The van der Waals surface area contributed by atoms with E-state index in [9.17, 15) is 0 Å². The van der Waals surface area contributed by atoms with Gasteiger partial charge >= 0.3 is 0 Å². The number of benzene rings is 2. The molecule has 3 rings (SSSR count). The van der Waals surface area contributed by atoms with E-state index in [1.165, 1.54) is 11.1 Å². The topological polar surface area (TPSA) is 47.7 Å². The Kier molecular flexibility index (Phi) is 5.12. The minimum Gasteiger partial charge on any atom is -0.489 e. The van der Waals surface area contributed by atoms with Crippen LogP contribution in [0, 0.1) is 0 Å². The fourth-order valence-corrected chi connectivity index (χ4v) is 3.18. The van der Waals surface area contributed by atoms with Gasteiger partial charge in [-0.05, 0) is 63.1 Å². The molecule has 0 saturated heterocycles. The van der Waals surface area contributed by atoms with E-state index in [4.69, 9.17) is 15.2 Å². The number of ether oxygens (including phenoxy) is 2. The molecule has 0 amide bonds. The van der Waals surface area contributed by atoms with E-state index in [2.05, 4.69) is 17.5 Å². The summed E-state index contributed by atoms with van der Waals surface area (Å²) in [5, 5.41) is 0. The Morgan fingerprint density at radius 1 is 1.19 bits per heavy atom. The normalized spacial score (nSPS) is 13.9. The molecule has 1 aliphatic rings. The third-order valence-electron chi connectivity index (χ3n) is 4.35. The van der Waals surface area contributed by atoms with Crippen molar-refractivity contribution in [3.63, 3.8) is 0 Å². The smallest absolute Gasteiger partial charge is 0.182 e. The Labute approximate surface area is 156 Å². The zero-order valence-electron chi connectivity index (χ0n) is 15.9. The molecule has 0 atom stereocenters. The first-order valence-electron chi connectivity index (χ1n) is 9.03. The molecular formula is C22H28N2O2. The van der Waals surface area contributed by atoms with E-state index in [1.54, 1.807) is 0 Å². The van der Waals surface area contributed by atoms with E-state index < -0.39 is 0 Å². The second-order valence-electron chi connectivity index (χ2n) is 7.71. The van der Waals surface area contributed by atoms with E-state index in [1.807, 2.05) is 57.2 Å². The Morgan fingerprint density at radius 2 is 1.96 bits per heavy atom. The molecule has 2 aromatic carbocycles. The summed E-state index contributed by atoms with van der Waals surface area (Å²) in [6.07, 6.45) is 0.912. The van der Waals surface area contributed by atoms with Crippen LogP contribution in [0.4, 0.5) is 5.69 Å². The van der Waals surface area contributed by atoms with Crippen molar-refractivity contribution >= 4 is 5.69 Å². The highest BCUT2D eigenvalue weighted by Crippen LogP contribution is 2.31. The summed E-state index contributed by atoms with van der Waals surface area (Å²) in [5.41, 5.74) is 9.98. The first-order chi connectivity index (χ1) is 12.3. The number of rotatable bonds is 5. The van der Waals surface area contributed by atoms with Crippen LogP contribution in [0.2, 0.25) is 0 Å². The summed E-state index contributed by atoms with van der Waals surface area (Å²) in [7, 11) is 0. The van der Waals surface area contributed by atoms with Crippen LogP contribution in [0.5, 0.6) is 5.75 Å². The summed E-state index contributed by atoms with van der Waals surface area (Å²) in [5.74, 6) is 1.68. The third-order valence-corrected chi connectivity index (χ3v) is 4.35. The van der Waals surface area contributed by atoms with Crippen LogP contribution < -0.4 is 10.5 Å². The molecule has 0 bridgehead atoms. The van der Waals surface area contributed by atoms with Crippen molar-refractivity contribution in [2.24, 2.45) is 0 Å². The molecule has 0 saturated carbocycles. The maximum Gasteiger partial charge on any atom is 0.182 e. The van der Waals surface area contributed by atoms with Crippen molar-refractivity contribution in [1.29, 1.82) is 0 Å². The number of hydrogen-bond acceptors (Lipinski definition) is 4. The molecule has 1 heterocycles. The Hall–Kier alpha value is -2.62. The number of nitrogens with two attached hydrogens (primary N) is 1. The molecule has 4 nitrogen and oxygen atoms in total. The summed E-state index contributed by atoms with van der Waals surface area (Å²) in [4.78, 5) is 2.19. The van der Waals surface area contributed by atoms with Gasteiger partial charge < -0.3 is 20.1 Å². The monoisotopic (exact) mass is 352 g/mol. The Morgan fingerprint density at radius 3 is 2.69 bits per heavy atom. The second kappa shape index (κ2) is 7.32. The van der Waals surface area contributed by atoms with Crippen molar-refractivity contribution in [1.82, 2.24) is 4.90 Å². The van der Waals surface area contributed by atoms with Crippen LogP contribution in [0.3, 0.4) is 0 Å². The van der Waals surface area contributed by atoms with Gasteiger partial charge in [-0.3, -0.25) is 0 Å². The first-order valence-corrected chi connectivity index (χ1v) is 9.03. The maximum absolute atomic E-state index is 6.09. The van der Waals surface area contributed by atoms with Gasteiger partial charge in [0.1, 0.15) is 18.0 Å². The molecule has 26 heavy (non-hydrogen) atoms. The molecule has 138 valence electrons. The van der Waals surface area contributed by atoms with Gasteiger partial charge in [0.25, 0.3) is 0 Å². The van der Waals surface area contributed by atoms with Crippen LogP contribution in [0.1, 0.15) is 37.5 Å². The zero-order chi connectivity index (χ0) is 18.7. The van der Waals surface area contributed by atoms with Crippen LogP contribution in [-0.2, 0) is 24.3 Å². The quantitative estimate of drug-likeness (QED) is 0.636. The van der Waals surface area contributed by atoms with Gasteiger partial charge in [-0.2, -0.15) is 0 Å². The molecule has 4 heteroatoms. The molecule has 1 aliphatic heterocycles. The van der Waals surface area contributed by atoms with Gasteiger partial charge in [0.15, 0.2) is 5.88 Å². The van der Waals surface area contributed by atoms with E-state index in [-0.39, 0.29) is 5.60 Å². The molecule has 2 N–H and O–H groups in total. The number of nitrogens with zero attached hydrogens (tertiary/aromatic N) is 1. The van der Waals surface area contributed by atoms with Crippen molar-refractivity contribution in [3.05, 3.63) is 71.6 Å². The number of hydrogen-bond donors (Lipinski definition) is 1. The molecular weight excluding hydrogens is 324 g/mol. The lowest BCUT2D eigenvalue weighted by atomic mass is 9.99. The Balaban J connectivity index is 1.69. The second-order valence-corrected chi connectivity index (χ2v) is 7.71. The van der Waals surface area contributed by atoms with Crippen LogP contribution in [0.15, 0.2) is 54.9 Å². The van der Waals surface area contributed by atoms with Gasteiger partial charge in [-0.15, -0.1) is 0 Å². The van der Waals surface area contributed by atoms with Gasteiger partial charge in [0.2, 0.25) is 0 Å². The van der Waals surface area contributed by atoms with Crippen LogP contribution in [0.25, 0.3) is 0 Å². The average molecular weight is 352 g/mol. The van der Waals surface area contributed by atoms with Crippen LogP contribution in [-0.4, -0.2) is 17.0 Å². The fourth-order valence-electron chi connectivity index (χ4n) is 3.18. The highest BCUT2D eigenvalue weighted by atomic mass is 16.5. The number of nitrogen functional groups attached to an aromatic ring is 1. The molecule has 0 aliphatic carbocycles. The maximum atomic E-state index is 6.09. The molecule has 0 fully saturated rings. The summed E-state index contributed by atoms with van der Waals surface area (Å²) in [6, 6.07) is 14.1. The van der Waals surface area contributed by atoms with E-state index >= 15 is 0 Å². The summed E-state index contributed by atoms with van der Waals surface area (Å²) in [6.45, 7) is 12.4. The lowest BCUT2D eigenvalue weighted by molar-refractivity contribution is -0.000802. The molecule has 0 spiro atoms. The minimum atomic E-state index is -0.236. The standard InChI is InChI=1S/C22H28N2O2/c1-16(26-22(2,3)4)24-12-11-20-18(14-24)8-6-10-21(20)25-15-17-7-5-9-19(23)13-17/h5-10,13H,1,11-12,14-15,23H2,2-4H3. The highest BCUT2D eigenvalue weighted by Gasteiger charge is 2.23. The number of anilines is 1. The lowest BCUT2D eigenvalue weighted by Gasteiger charge is -2.35. The zero-order valence-corrected chi connectivity index (χ0v) is 15.9. The Bertz CT molecular complexity index is 793. The van der Waals surface area contributed by atoms with Gasteiger partial charge in [0.05, 0.1) is 0 Å².